The molecule has 6 nitrogen and oxygen atoms in total. The largest absolute Gasteiger partial charge is 0.504 e. The summed E-state index contributed by atoms with van der Waals surface area (Å²) in [6.45, 7) is 3.91. The molecule has 6 heteroatoms. The van der Waals surface area contributed by atoms with Crippen LogP contribution in [0.25, 0.3) is 0 Å². The Morgan fingerprint density at radius 1 is 1.15 bits per heavy atom. The van der Waals surface area contributed by atoms with Crippen LogP contribution in [-0.4, -0.2) is 49.3 Å². The lowest BCUT2D eigenvalue weighted by Crippen LogP contribution is -2.25. The summed E-state index contributed by atoms with van der Waals surface area (Å²) in [5, 5.41) is 12.8. The number of rotatable bonds is 7. The van der Waals surface area contributed by atoms with Gasteiger partial charge in [-0.15, -0.1) is 0 Å². The molecule has 1 aliphatic heterocycles. The smallest absolute Gasteiger partial charge is 0.259 e. The molecular weight excluding hydrogens is 332 g/mol. The van der Waals surface area contributed by atoms with Gasteiger partial charge in [0.2, 0.25) is 0 Å². The first kappa shape index (κ1) is 18.1. The summed E-state index contributed by atoms with van der Waals surface area (Å²) in [7, 11) is 1.44. The summed E-state index contributed by atoms with van der Waals surface area (Å²) in [5.41, 5.74) is 0.791. The lowest BCUT2D eigenvalue weighted by molar-refractivity contribution is 0.102. The van der Waals surface area contributed by atoms with Gasteiger partial charge < -0.3 is 19.9 Å². The molecule has 1 heterocycles. The van der Waals surface area contributed by atoms with E-state index in [1.165, 1.54) is 20.0 Å². The second kappa shape index (κ2) is 8.58. The minimum absolute atomic E-state index is 0.162. The fraction of sp³-hybridized carbons (Fsp3) is 0.350. The molecule has 0 spiro atoms. The molecule has 0 atom stereocenters. The van der Waals surface area contributed by atoms with Gasteiger partial charge in [-0.2, -0.15) is 0 Å². The Morgan fingerprint density at radius 3 is 2.58 bits per heavy atom. The van der Waals surface area contributed by atoms with Crippen molar-refractivity contribution in [1.29, 1.82) is 0 Å². The van der Waals surface area contributed by atoms with E-state index in [0.717, 1.165) is 25.4 Å². The highest BCUT2D eigenvalue weighted by atomic mass is 16.5. The van der Waals surface area contributed by atoms with Crippen LogP contribution in [0.4, 0.5) is 5.69 Å². The van der Waals surface area contributed by atoms with Crippen molar-refractivity contribution in [3.8, 4) is 17.2 Å². The van der Waals surface area contributed by atoms with Gasteiger partial charge in [-0.3, -0.25) is 9.69 Å². The maximum atomic E-state index is 12.3. The minimum atomic E-state index is -0.399. The highest BCUT2D eigenvalue weighted by Gasteiger charge is 2.15. The average Bonchev–Trinajstić information content (AvgIpc) is 3.17. The second-order valence-corrected chi connectivity index (χ2v) is 6.23. The maximum absolute atomic E-state index is 12.3. The first-order chi connectivity index (χ1) is 12.7. The van der Waals surface area contributed by atoms with E-state index in [4.69, 9.17) is 9.47 Å². The molecule has 2 aromatic rings. The molecule has 0 saturated carbocycles. The SMILES string of the molecule is COc1cccc(C(=O)Nc2ccc(OCCN3CCCC3)cc2)c1O. The molecule has 3 rings (SSSR count). The van der Waals surface area contributed by atoms with Gasteiger partial charge in [0.15, 0.2) is 11.5 Å². The Bertz CT molecular complexity index is 740. The lowest BCUT2D eigenvalue weighted by atomic mass is 10.1. The second-order valence-electron chi connectivity index (χ2n) is 6.23. The number of anilines is 1. The van der Waals surface area contributed by atoms with E-state index >= 15 is 0 Å². The number of nitrogens with one attached hydrogen (secondary N) is 1. The summed E-state index contributed by atoms with van der Waals surface area (Å²) in [6, 6.07) is 12.0. The van der Waals surface area contributed by atoms with Crippen molar-refractivity contribution in [1.82, 2.24) is 4.90 Å². The van der Waals surface area contributed by atoms with Crippen LogP contribution in [0.15, 0.2) is 42.5 Å². The first-order valence-corrected chi connectivity index (χ1v) is 8.80. The molecule has 0 aliphatic carbocycles. The number of phenolic OH excluding ortho intramolecular Hbond substituents is 1. The fourth-order valence-corrected chi connectivity index (χ4v) is 3.00. The van der Waals surface area contributed by atoms with Crippen molar-refractivity contribution < 1.29 is 19.4 Å². The number of likely N-dealkylation sites (tertiary alicyclic amines) is 1. The van der Waals surface area contributed by atoms with Gasteiger partial charge in [0, 0.05) is 12.2 Å². The van der Waals surface area contributed by atoms with Crippen LogP contribution < -0.4 is 14.8 Å². The van der Waals surface area contributed by atoms with Crippen LogP contribution in [0.2, 0.25) is 0 Å². The van der Waals surface area contributed by atoms with Crippen LogP contribution in [0.3, 0.4) is 0 Å². The van der Waals surface area contributed by atoms with Crippen molar-refractivity contribution in [2.24, 2.45) is 0 Å². The zero-order chi connectivity index (χ0) is 18.4. The molecule has 26 heavy (non-hydrogen) atoms. The number of amides is 1. The zero-order valence-electron chi connectivity index (χ0n) is 14.9. The van der Waals surface area contributed by atoms with Gasteiger partial charge in [-0.05, 0) is 62.3 Å². The molecule has 0 bridgehead atoms. The number of methoxy groups -OCH3 is 1. The van der Waals surface area contributed by atoms with Gasteiger partial charge in [-0.1, -0.05) is 6.07 Å². The standard InChI is InChI=1S/C20H24N2O4/c1-25-18-6-4-5-17(19(18)23)20(24)21-15-7-9-16(10-8-15)26-14-13-22-11-2-3-12-22/h4-10,23H,2-3,11-14H2,1H3,(H,21,24). The molecular formula is C20H24N2O4. The number of carbonyl (C=O) groups excluding carboxylic acids is 1. The molecule has 0 radical (unpaired) electrons. The molecule has 138 valence electrons. The summed E-state index contributed by atoms with van der Waals surface area (Å²) in [5.74, 6) is 0.462. The van der Waals surface area contributed by atoms with E-state index < -0.39 is 5.91 Å². The highest BCUT2D eigenvalue weighted by Crippen LogP contribution is 2.30. The Kier molecular flexibility index (Phi) is 5.96. The van der Waals surface area contributed by atoms with Crippen molar-refractivity contribution in [2.45, 2.75) is 12.8 Å². The van der Waals surface area contributed by atoms with Crippen LogP contribution >= 0.6 is 0 Å². The first-order valence-electron chi connectivity index (χ1n) is 8.80. The number of aromatic hydroxyl groups is 1. The third-order valence-electron chi connectivity index (χ3n) is 4.45. The molecule has 2 N–H and O–H groups in total. The topological polar surface area (TPSA) is 71.0 Å². The van der Waals surface area contributed by atoms with E-state index in [1.54, 1.807) is 30.3 Å². The number of hydrogen-bond donors (Lipinski definition) is 2. The number of benzene rings is 2. The van der Waals surface area contributed by atoms with E-state index in [0.29, 0.717) is 12.3 Å². The van der Waals surface area contributed by atoms with E-state index in [9.17, 15) is 9.90 Å². The maximum Gasteiger partial charge on any atom is 0.259 e. The van der Waals surface area contributed by atoms with Crippen molar-refractivity contribution in [3.63, 3.8) is 0 Å². The quantitative estimate of drug-likeness (QED) is 0.798. The van der Waals surface area contributed by atoms with Crippen LogP contribution in [0.5, 0.6) is 17.2 Å². The Morgan fingerprint density at radius 2 is 1.88 bits per heavy atom. The highest BCUT2D eigenvalue weighted by molar-refractivity contribution is 6.06. The Labute approximate surface area is 153 Å². The van der Waals surface area contributed by atoms with E-state index in [2.05, 4.69) is 10.2 Å². The van der Waals surface area contributed by atoms with Crippen molar-refractivity contribution in [2.75, 3.05) is 38.7 Å². The van der Waals surface area contributed by atoms with Gasteiger partial charge in [0.05, 0.1) is 12.7 Å². The number of nitrogens with zero attached hydrogens (tertiary/aromatic N) is 1. The molecule has 1 aliphatic rings. The van der Waals surface area contributed by atoms with E-state index in [-0.39, 0.29) is 17.1 Å². The number of ether oxygens (including phenoxy) is 2. The van der Waals surface area contributed by atoms with Crippen molar-refractivity contribution in [3.05, 3.63) is 48.0 Å². The molecule has 1 saturated heterocycles. The van der Waals surface area contributed by atoms with Gasteiger partial charge in [0.25, 0.3) is 5.91 Å². The third-order valence-corrected chi connectivity index (χ3v) is 4.45. The lowest BCUT2D eigenvalue weighted by Gasteiger charge is -2.15. The summed E-state index contributed by atoms with van der Waals surface area (Å²) in [6.07, 6.45) is 2.55. The predicted octanol–water partition coefficient (Wildman–Crippen LogP) is 3.13. The number of hydrogen-bond acceptors (Lipinski definition) is 5. The summed E-state index contributed by atoms with van der Waals surface area (Å²) >= 11 is 0. The number of phenols is 1. The monoisotopic (exact) mass is 356 g/mol. The predicted molar refractivity (Wildman–Crippen MR) is 100 cm³/mol. The van der Waals surface area contributed by atoms with Gasteiger partial charge >= 0.3 is 0 Å². The minimum Gasteiger partial charge on any atom is -0.504 e. The number of carbonyl (C=O) groups is 1. The molecule has 0 unspecified atom stereocenters. The normalized spacial score (nSPS) is 14.2. The number of para-hydroxylation sites is 1. The summed E-state index contributed by atoms with van der Waals surface area (Å²) in [4.78, 5) is 14.7. The van der Waals surface area contributed by atoms with Crippen molar-refractivity contribution >= 4 is 11.6 Å². The third kappa shape index (κ3) is 4.46. The molecule has 0 aromatic heterocycles. The zero-order valence-corrected chi connectivity index (χ0v) is 14.9. The Balaban J connectivity index is 1.54. The van der Waals surface area contributed by atoms with Crippen LogP contribution in [0.1, 0.15) is 23.2 Å². The van der Waals surface area contributed by atoms with Crippen LogP contribution in [0, 0.1) is 0 Å². The molecule has 2 aromatic carbocycles. The van der Waals surface area contributed by atoms with Crippen LogP contribution in [-0.2, 0) is 0 Å². The fourth-order valence-electron chi connectivity index (χ4n) is 3.00. The van der Waals surface area contributed by atoms with Gasteiger partial charge in [-0.25, -0.2) is 0 Å². The van der Waals surface area contributed by atoms with E-state index in [1.807, 2.05) is 12.1 Å². The van der Waals surface area contributed by atoms with Gasteiger partial charge in [0.1, 0.15) is 12.4 Å². The summed E-state index contributed by atoms with van der Waals surface area (Å²) < 4.78 is 10.8. The Hall–Kier alpha value is -2.73. The average molecular weight is 356 g/mol. The molecule has 1 amide bonds. The molecule has 1 fully saturated rings.